The van der Waals surface area contributed by atoms with Gasteiger partial charge in [-0.15, -0.1) is 0 Å². The third kappa shape index (κ3) is 60.6. The van der Waals surface area contributed by atoms with Gasteiger partial charge in [0, 0.05) is 19.3 Å². The van der Waals surface area contributed by atoms with Gasteiger partial charge in [-0.3, -0.25) is 14.4 Å². The van der Waals surface area contributed by atoms with E-state index in [0.29, 0.717) is 19.3 Å². The van der Waals surface area contributed by atoms with E-state index in [9.17, 15) is 14.4 Å². The van der Waals surface area contributed by atoms with Gasteiger partial charge in [0.15, 0.2) is 6.10 Å². The van der Waals surface area contributed by atoms with Crippen molar-refractivity contribution in [1.29, 1.82) is 0 Å². The second-order valence-electron chi connectivity index (χ2n) is 22.4. The SMILES string of the molecule is CCCCCCC/C=C\C/C=C\CCCCCCCCCCCCCC(=O)OCC(COC(=O)CCCCCCCCCCCC)OC(=O)CCCCCCCCCCCCCCCCCCCCCCCC. The Morgan fingerprint density at radius 2 is 0.493 bits per heavy atom. The van der Waals surface area contributed by atoms with Crippen molar-refractivity contribution in [3.05, 3.63) is 24.3 Å². The van der Waals surface area contributed by atoms with Crippen molar-refractivity contribution in [2.75, 3.05) is 13.2 Å². The molecule has 0 aliphatic rings. The highest BCUT2D eigenvalue weighted by Crippen LogP contribution is 2.18. The number of carbonyl (C=O) groups excluding carboxylic acids is 3. The van der Waals surface area contributed by atoms with Crippen LogP contribution in [0, 0.1) is 0 Å². The number of esters is 3. The van der Waals surface area contributed by atoms with E-state index in [1.165, 1.54) is 263 Å². The fourth-order valence-corrected chi connectivity index (χ4v) is 10.0. The van der Waals surface area contributed by atoms with Crippen molar-refractivity contribution in [1.82, 2.24) is 0 Å². The average Bonchev–Trinajstić information content (AvgIpc) is 3.39. The molecule has 0 rings (SSSR count). The maximum atomic E-state index is 12.9. The van der Waals surface area contributed by atoms with Crippen LogP contribution in [0.3, 0.4) is 0 Å². The third-order valence-corrected chi connectivity index (χ3v) is 15.0. The van der Waals surface area contributed by atoms with Crippen LogP contribution in [0.2, 0.25) is 0 Å². The van der Waals surface area contributed by atoms with Crippen LogP contribution in [-0.4, -0.2) is 37.2 Å². The van der Waals surface area contributed by atoms with E-state index >= 15 is 0 Å². The Balaban J connectivity index is 4.19. The zero-order chi connectivity index (χ0) is 52.9. The van der Waals surface area contributed by atoms with Gasteiger partial charge in [-0.2, -0.15) is 0 Å². The number of allylic oxidation sites excluding steroid dienone is 4. The maximum Gasteiger partial charge on any atom is 0.306 e. The quantitative estimate of drug-likeness (QED) is 0.0261. The minimum absolute atomic E-state index is 0.0657. The molecule has 0 aliphatic heterocycles. The van der Waals surface area contributed by atoms with Gasteiger partial charge in [-0.05, 0) is 51.4 Å². The predicted octanol–water partition coefficient (Wildman–Crippen LogP) is 22.2. The molecule has 0 amide bonds. The standard InChI is InChI=1S/C67H126O6/c1-4-7-10-13-16-19-22-24-26-28-30-32-34-36-37-39-41-43-45-48-51-54-57-60-66(69)72-63-64(62-71-65(68)59-56-53-50-47-21-18-15-12-9-6-3)73-67(70)61-58-55-52-49-46-44-42-40-38-35-33-31-29-27-25-23-20-17-14-11-8-5-2/h22,24,28,30,64H,4-21,23,25-27,29,31-63H2,1-3H3/b24-22-,30-28-. The van der Waals surface area contributed by atoms with Crippen LogP contribution < -0.4 is 0 Å². The van der Waals surface area contributed by atoms with Crippen molar-refractivity contribution >= 4 is 17.9 Å². The number of carbonyl (C=O) groups is 3. The summed E-state index contributed by atoms with van der Waals surface area (Å²) in [5.74, 6) is -0.842. The summed E-state index contributed by atoms with van der Waals surface area (Å²) >= 11 is 0. The van der Waals surface area contributed by atoms with Gasteiger partial charge in [0.25, 0.3) is 0 Å². The van der Waals surface area contributed by atoms with Gasteiger partial charge in [0.2, 0.25) is 0 Å². The zero-order valence-corrected chi connectivity index (χ0v) is 49.4. The molecule has 0 aromatic carbocycles. The summed E-state index contributed by atoms with van der Waals surface area (Å²) in [7, 11) is 0. The number of ether oxygens (including phenoxy) is 3. The fraction of sp³-hybridized carbons (Fsp3) is 0.896. The molecule has 73 heavy (non-hydrogen) atoms. The highest BCUT2D eigenvalue weighted by molar-refractivity contribution is 5.71. The van der Waals surface area contributed by atoms with Crippen LogP contribution in [0.25, 0.3) is 0 Å². The third-order valence-electron chi connectivity index (χ3n) is 15.0. The first-order valence-electron chi connectivity index (χ1n) is 32.8. The van der Waals surface area contributed by atoms with Crippen molar-refractivity contribution in [3.8, 4) is 0 Å². The van der Waals surface area contributed by atoms with E-state index in [4.69, 9.17) is 14.2 Å². The summed E-state index contributed by atoms with van der Waals surface area (Å²) in [6.07, 6.45) is 74.8. The Morgan fingerprint density at radius 3 is 0.753 bits per heavy atom. The maximum absolute atomic E-state index is 12.9. The molecule has 0 bridgehead atoms. The molecular formula is C67H126O6. The van der Waals surface area contributed by atoms with Crippen LogP contribution >= 0.6 is 0 Å². The van der Waals surface area contributed by atoms with E-state index < -0.39 is 6.10 Å². The molecule has 0 fully saturated rings. The first kappa shape index (κ1) is 70.9. The highest BCUT2D eigenvalue weighted by Gasteiger charge is 2.19. The van der Waals surface area contributed by atoms with Crippen molar-refractivity contribution < 1.29 is 28.6 Å². The molecule has 6 nitrogen and oxygen atoms in total. The smallest absolute Gasteiger partial charge is 0.306 e. The van der Waals surface area contributed by atoms with Gasteiger partial charge in [-0.25, -0.2) is 0 Å². The summed E-state index contributed by atoms with van der Waals surface area (Å²) in [6, 6.07) is 0. The van der Waals surface area contributed by atoms with Gasteiger partial charge in [-0.1, -0.05) is 321 Å². The van der Waals surface area contributed by atoms with Crippen LogP contribution in [0.4, 0.5) is 0 Å². The highest BCUT2D eigenvalue weighted by atomic mass is 16.6. The van der Waals surface area contributed by atoms with Gasteiger partial charge < -0.3 is 14.2 Å². The van der Waals surface area contributed by atoms with Crippen LogP contribution in [0.1, 0.15) is 367 Å². The van der Waals surface area contributed by atoms with Crippen molar-refractivity contribution in [2.24, 2.45) is 0 Å². The first-order chi connectivity index (χ1) is 36.0. The summed E-state index contributed by atoms with van der Waals surface area (Å²) < 4.78 is 16.9. The molecule has 0 spiro atoms. The first-order valence-corrected chi connectivity index (χ1v) is 32.8. The lowest BCUT2D eigenvalue weighted by Crippen LogP contribution is -2.30. The predicted molar refractivity (Wildman–Crippen MR) is 316 cm³/mol. The van der Waals surface area contributed by atoms with Gasteiger partial charge in [0.05, 0.1) is 0 Å². The Bertz CT molecular complexity index is 1180. The fourth-order valence-electron chi connectivity index (χ4n) is 10.0. The topological polar surface area (TPSA) is 78.9 Å². The zero-order valence-electron chi connectivity index (χ0n) is 49.4. The van der Waals surface area contributed by atoms with Gasteiger partial charge >= 0.3 is 17.9 Å². The molecular weight excluding hydrogens is 901 g/mol. The molecule has 0 N–H and O–H groups in total. The molecule has 0 aromatic rings. The van der Waals surface area contributed by atoms with Crippen molar-refractivity contribution in [3.63, 3.8) is 0 Å². The summed E-state index contributed by atoms with van der Waals surface area (Å²) in [4.78, 5) is 38.2. The second-order valence-corrected chi connectivity index (χ2v) is 22.4. The lowest BCUT2D eigenvalue weighted by molar-refractivity contribution is -0.167. The van der Waals surface area contributed by atoms with E-state index in [1.54, 1.807) is 0 Å². The van der Waals surface area contributed by atoms with E-state index in [1.807, 2.05) is 0 Å². The largest absolute Gasteiger partial charge is 0.462 e. The second kappa shape index (κ2) is 62.4. The number of rotatable bonds is 61. The van der Waals surface area contributed by atoms with E-state index in [-0.39, 0.29) is 31.1 Å². The summed E-state index contributed by atoms with van der Waals surface area (Å²) in [5, 5.41) is 0. The van der Waals surface area contributed by atoms with Crippen LogP contribution in [0.5, 0.6) is 0 Å². The molecule has 0 heterocycles. The molecule has 1 atom stereocenters. The lowest BCUT2D eigenvalue weighted by atomic mass is 10.0. The Labute approximate surface area is 455 Å². The number of hydrogen-bond acceptors (Lipinski definition) is 6. The minimum atomic E-state index is -0.767. The Hall–Kier alpha value is -2.11. The molecule has 0 saturated heterocycles. The lowest BCUT2D eigenvalue weighted by Gasteiger charge is -2.18. The van der Waals surface area contributed by atoms with Gasteiger partial charge in [0.1, 0.15) is 13.2 Å². The molecule has 0 aliphatic carbocycles. The molecule has 0 saturated carbocycles. The van der Waals surface area contributed by atoms with Crippen LogP contribution in [-0.2, 0) is 28.6 Å². The Kier molecular flexibility index (Phi) is 60.6. The molecule has 430 valence electrons. The molecule has 1 unspecified atom stereocenters. The van der Waals surface area contributed by atoms with Crippen LogP contribution in [0.15, 0.2) is 24.3 Å². The van der Waals surface area contributed by atoms with Crippen molar-refractivity contribution in [2.45, 2.75) is 374 Å². The average molecular weight is 1030 g/mol. The molecule has 6 heteroatoms. The van der Waals surface area contributed by atoms with E-state index in [2.05, 4.69) is 45.1 Å². The molecule has 0 radical (unpaired) electrons. The molecule has 0 aromatic heterocycles. The normalized spacial score (nSPS) is 12.1. The summed E-state index contributed by atoms with van der Waals surface area (Å²) in [6.45, 7) is 6.68. The monoisotopic (exact) mass is 1030 g/mol. The Morgan fingerprint density at radius 1 is 0.274 bits per heavy atom. The summed E-state index contributed by atoms with van der Waals surface area (Å²) in [5.41, 5.74) is 0. The number of unbranched alkanes of at least 4 members (excludes halogenated alkanes) is 46. The van der Waals surface area contributed by atoms with E-state index in [0.717, 1.165) is 64.2 Å². The minimum Gasteiger partial charge on any atom is -0.462 e. The number of hydrogen-bond donors (Lipinski definition) is 0.